The first-order valence-electron chi connectivity index (χ1n) is 10.1. The molecule has 0 aliphatic carbocycles. The molecule has 1 aromatic carbocycles. The van der Waals surface area contributed by atoms with Gasteiger partial charge in [-0.15, -0.1) is 24.0 Å². The molecule has 1 aromatic rings. The molecule has 7 nitrogen and oxygen atoms in total. The van der Waals surface area contributed by atoms with Crippen LogP contribution in [0.5, 0.6) is 11.5 Å². The van der Waals surface area contributed by atoms with Crippen molar-refractivity contribution in [3.05, 3.63) is 24.3 Å². The lowest BCUT2D eigenvalue weighted by molar-refractivity contribution is 0.120. The highest BCUT2D eigenvalue weighted by Crippen LogP contribution is 2.17. The molecule has 0 saturated carbocycles. The normalized spacial score (nSPS) is 15.5. The average molecular weight is 520 g/mol. The zero-order valence-corrected chi connectivity index (χ0v) is 20.6. The van der Waals surface area contributed by atoms with Crippen molar-refractivity contribution in [1.29, 1.82) is 0 Å². The van der Waals surface area contributed by atoms with Crippen LogP contribution >= 0.6 is 24.0 Å². The summed E-state index contributed by atoms with van der Waals surface area (Å²) in [4.78, 5) is 9.00. The van der Waals surface area contributed by atoms with Crippen LogP contribution in [0.4, 0.5) is 0 Å². The molecule has 0 aromatic heterocycles. The highest BCUT2D eigenvalue weighted by atomic mass is 127. The number of likely N-dealkylation sites (tertiary alicyclic amines) is 1. The van der Waals surface area contributed by atoms with Crippen molar-refractivity contribution >= 4 is 29.9 Å². The molecule has 0 spiro atoms. The number of benzene rings is 1. The molecule has 1 N–H and O–H groups in total. The minimum absolute atomic E-state index is 0. The van der Waals surface area contributed by atoms with E-state index in [9.17, 15) is 0 Å². The van der Waals surface area contributed by atoms with E-state index in [0.717, 1.165) is 56.8 Å². The quantitative estimate of drug-likeness (QED) is 0.291. The summed E-state index contributed by atoms with van der Waals surface area (Å²) in [6.07, 6.45) is 2.44. The molecule has 0 atom stereocenters. The molecule has 0 amide bonds. The van der Waals surface area contributed by atoms with Crippen molar-refractivity contribution in [3.63, 3.8) is 0 Å². The second-order valence-corrected chi connectivity index (χ2v) is 7.15. The van der Waals surface area contributed by atoms with E-state index < -0.39 is 0 Å². The van der Waals surface area contributed by atoms with Gasteiger partial charge >= 0.3 is 0 Å². The van der Waals surface area contributed by atoms with Crippen molar-refractivity contribution in [2.75, 3.05) is 74.3 Å². The van der Waals surface area contributed by atoms with Gasteiger partial charge in [0.2, 0.25) is 0 Å². The van der Waals surface area contributed by atoms with E-state index in [1.165, 1.54) is 12.8 Å². The molecular weight excluding hydrogens is 483 g/mol. The fourth-order valence-corrected chi connectivity index (χ4v) is 3.33. The molecule has 0 unspecified atom stereocenters. The minimum atomic E-state index is 0. The molecular formula is C21H37IN4O3. The summed E-state index contributed by atoms with van der Waals surface area (Å²) in [5.74, 6) is 3.29. The molecule has 1 aliphatic heterocycles. The van der Waals surface area contributed by atoms with Gasteiger partial charge in [0.1, 0.15) is 18.1 Å². The van der Waals surface area contributed by atoms with Gasteiger partial charge in [0.05, 0.1) is 20.3 Å². The summed E-state index contributed by atoms with van der Waals surface area (Å²) >= 11 is 0. The smallest absolute Gasteiger partial charge is 0.193 e. The molecule has 166 valence electrons. The zero-order chi connectivity index (χ0) is 20.2. The molecule has 8 heteroatoms. The van der Waals surface area contributed by atoms with Crippen LogP contribution in [0, 0.1) is 5.92 Å². The van der Waals surface area contributed by atoms with Crippen LogP contribution in [0.25, 0.3) is 0 Å². The Hall–Kier alpha value is -1.26. The Morgan fingerprint density at radius 1 is 1.14 bits per heavy atom. The highest BCUT2D eigenvalue weighted by molar-refractivity contribution is 14.0. The van der Waals surface area contributed by atoms with E-state index in [-0.39, 0.29) is 24.0 Å². The van der Waals surface area contributed by atoms with E-state index in [0.29, 0.717) is 12.5 Å². The number of ether oxygens (including phenoxy) is 3. The molecule has 0 radical (unpaired) electrons. The zero-order valence-electron chi connectivity index (χ0n) is 18.2. The van der Waals surface area contributed by atoms with E-state index >= 15 is 0 Å². The van der Waals surface area contributed by atoms with Crippen molar-refractivity contribution in [3.8, 4) is 11.5 Å². The number of rotatable bonds is 10. The van der Waals surface area contributed by atoms with Crippen LogP contribution in [0.2, 0.25) is 0 Å². The summed E-state index contributed by atoms with van der Waals surface area (Å²) in [6, 6.07) is 7.65. The van der Waals surface area contributed by atoms with E-state index in [1.54, 1.807) is 14.2 Å². The average Bonchev–Trinajstić information content (AvgIpc) is 2.74. The summed E-state index contributed by atoms with van der Waals surface area (Å²) in [5.41, 5.74) is 0. The molecule has 0 bridgehead atoms. The number of halogens is 1. The van der Waals surface area contributed by atoms with Crippen LogP contribution in [-0.2, 0) is 4.74 Å². The van der Waals surface area contributed by atoms with Gasteiger partial charge in [0.15, 0.2) is 5.96 Å². The molecule has 1 heterocycles. The first-order chi connectivity index (χ1) is 13.7. The largest absolute Gasteiger partial charge is 0.497 e. The van der Waals surface area contributed by atoms with Crippen LogP contribution in [0.1, 0.15) is 12.8 Å². The maximum atomic E-state index is 5.81. The Bertz CT molecular complexity index is 578. The Labute approximate surface area is 192 Å². The number of methoxy groups -OCH3 is 2. The Morgan fingerprint density at radius 2 is 1.79 bits per heavy atom. The van der Waals surface area contributed by atoms with Gasteiger partial charge in [-0.1, -0.05) is 0 Å². The number of hydrogen-bond donors (Lipinski definition) is 1. The first kappa shape index (κ1) is 25.8. The number of guanidine groups is 1. The SMILES string of the molecule is CN=C(NCC1CCN(CCOC)CC1)N(C)CCOc1ccc(OC)cc1.I. The molecule has 29 heavy (non-hydrogen) atoms. The third kappa shape index (κ3) is 9.39. The topological polar surface area (TPSA) is 58.6 Å². The Kier molecular flexibility index (Phi) is 13.0. The fraction of sp³-hybridized carbons (Fsp3) is 0.667. The third-order valence-electron chi connectivity index (χ3n) is 5.20. The van der Waals surface area contributed by atoms with Crippen molar-refractivity contribution in [2.24, 2.45) is 10.9 Å². The van der Waals surface area contributed by atoms with Crippen LogP contribution in [0.3, 0.4) is 0 Å². The number of piperidine rings is 1. The van der Waals surface area contributed by atoms with Gasteiger partial charge in [-0.25, -0.2) is 0 Å². The molecule has 2 rings (SSSR count). The third-order valence-corrected chi connectivity index (χ3v) is 5.20. The minimum Gasteiger partial charge on any atom is -0.497 e. The monoisotopic (exact) mass is 520 g/mol. The number of hydrogen-bond acceptors (Lipinski definition) is 5. The van der Waals surface area contributed by atoms with Gasteiger partial charge in [-0.2, -0.15) is 0 Å². The van der Waals surface area contributed by atoms with Gasteiger partial charge < -0.3 is 29.3 Å². The summed E-state index contributed by atoms with van der Waals surface area (Å²) in [5, 5.41) is 3.52. The van der Waals surface area contributed by atoms with E-state index in [2.05, 4.69) is 20.1 Å². The van der Waals surface area contributed by atoms with Gasteiger partial charge in [-0.3, -0.25) is 4.99 Å². The Balaban J connectivity index is 0.00000420. The van der Waals surface area contributed by atoms with Crippen molar-refractivity contribution in [1.82, 2.24) is 15.1 Å². The van der Waals surface area contributed by atoms with Crippen LogP contribution in [-0.4, -0.2) is 90.0 Å². The number of nitrogens with one attached hydrogen (secondary N) is 1. The maximum absolute atomic E-state index is 5.81. The molecule has 1 saturated heterocycles. The lowest BCUT2D eigenvalue weighted by Gasteiger charge is -2.32. The molecule has 1 fully saturated rings. The second-order valence-electron chi connectivity index (χ2n) is 7.15. The van der Waals surface area contributed by atoms with Crippen LogP contribution in [0.15, 0.2) is 29.3 Å². The summed E-state index contributed by atoms with van der Waals surface area (Å²) in [6.45, 7) is 6.49. The van der Waals surface area contributed by atoms with E-state index in [4.69, 9.17) is 14.2 Å². The Morgan fingerprint density at radius 3 is 2.38 bits per heavy atom. The lowest BCUT2D eigenvalue weighted by Crippen LogP contribution is -2.44. The lowest BCUT2D eigenvalue weighted by atomic mass is 9.97. The second kappa shape index (κ2) is 14.7. The van der Waals surface area contributed by atoms with E-state index in [1.807, 2.05) is 38.4 Å². The van der Waals surface area contributed by atoms with Crippen molar-refractivity contribution in [2.45, 2.75) is 12.8 Å². The van der Waals surface area contributed by atoms with Gasteiger partial charge in [0.25, 0.3) is 0 Å². The summed E-state index contributed by atoms with van der Waals surface area (Å²) in [7, 11) is 7.30. The van der Waals surface area contributed by atoms with Gasteiger partial charge in [-0.05, 0) is 56.1 Å². The highest BCUT2D eigenvalue weighted by Gasteiger charge is 2.19. The van der Waals surface area contributed by atoms with Gasteiger partial charge in [0, 0.05) is 34.3 Å². The molecule has 1 aliphatic rings. The van der Waals surface area contributed by atoms with Crippen molar-refractivity contribution < 1.29 is 14.2 Å². The summed E-state index contributed by atoms with van der Waals surface area (Å²) < 4.78 is 16.1. The number of nitrogens with zero attached hydrogens (tertiary/aromatic N) is 3. The first-order valence-corrected chi connectivity index (χ1v) is 10.1. The number of likely N-dealkylation sites (N-methyl/N-ethyl adjacent to an activating group) is 1. The predicted octanol–water partition coefficient (Wildman–Crippen LogP) is 2.56. The fourth-order valence-electron chi connectivity index (χ4n) is 3.33. The standard InChI is InChI=1S/C21H36N4O3.HI/c1-22-21(23-17-18-9-11-25(12-10-18)14-15-26-3)24(2)13-16-28-20-7-5-19(27-4)6-8-20;/h5-8,18H,9-17H2,1-4H3,(H,22,23);1H. The predicted molar refractivity (Wildman–Crippen MR) is 129 cm³/mol. The number of aliphatic imine (C=N–C) groups is 1. The van der Waals surface area contributed by atoms with Crippen LogP contribution < -0.4 is 14.8 Å². The maximum Gasteiger partial charge on any atom is 0.193 e.